The number of nitrogens with zero attached hydrogens (tertiary/aromatic N) is 4. The van der Waals surface area contributed by atoms with Crippen LogP contribution < -0.4 is 26.9 Å². The van der Waals surface area contributed by atoms with E-state index in [1.54, 1.807) is 0 Å². The van der Waals surface area contributed by atoms with Crippen LogP contribution in [0.3, 0.4) is 0 Å². The number of carbonyl (C=O) groups excluding carboxylic acids is 3. The van der Waals surface area contributed by atoms with Gasteiger partial charge >= 0.3 is 12.1 Å². The van der Waals surface area contributed by atoms with Gasteiger partial charge in [-0.15, -0.1) is 5.10 Å². The number of anilines is 2. The van der Waals surface area contributed by atoms with Gasteiger partial charge in [0.2, 0.25) is 0 Å². The lowest BCUT2D eigenvalue weighted by Gasteiger charge is -2.13. The molecule has 0 unspecified atom stereocenters. The van der Waals surface area contributed by atoms with Crippen LogP contribution in [0, 0.1) is 0 Å². The predicted octanol–water partition coefficient (Wildman–Crippen LogP) is 0.165. The van der Waals surface area contributed by atoms with E-state index in [4.69, 9.17) is 5.73 Å². The van der Waals surface area contributed by atoms with E-state index in [0.717, 1.165) is 57.1 Å². The Hall–Kier alpha value is -5.31. The molecule has 1 aromatic heterocycles. The maximum absolute atomic E-state index is 13.5. The predicted molar refractivity (Wildman–Crippen MR) is 151 cm³/mol. The molecule has 0 bridgehead atoms. The van der Waals surface area contributed by atoms with Crippen LogP contribution in [-0.4, -0.2) is 78.5 Å². The van der Waals surface area contributed by atoms with Crippen LogP contribution >= 0.6 is 0 Å². The molecule has 43 heavy (non-hydrogen) atoms. The van der Waals surface area contributed by atoms with E-state index in [1.807, 2.05) is 0 Å². The molecule has 1 aliphatic rings. The third-order valence-electron chi connectivity index (χ3n) is 5.96. The SMILES string of the molecule is CNC(=O)Nc1[nH]n(-c2ccc(S(=O)(=O)O)cc2)c(=O)c1C=C1C(=O)N(c2ccc(S(=O)(=O)O)cc2)N=C1N(C)C(N)=O. The second kappa shape index (κ2) is 11.2. The summed E-state index contributed by atoms with van der Waals surface area (Å²) in [5, 5.41) is 12.2. The quantitative estimate of drug-likeness (QED) is 0.158. The number of hydrogen-bond acceptors (Lipinski definition) is 9. The standard InChI is InChI=1S/C23H22N8O10S2/c1-25-23(35)26-18-16(20(32)30(27-18)12-3-7-14(8-4-12)42(36,37)38)11-17-19(29(2)22(24)34)28-31(21(17)33)13-5-9-15(10-6-13)43(39,40)41/h3-11,27H,1-2H3,(H2,24,34)(H2,25,26,35)(H,36,37,38)(H,39,40,41). The highest BCUT2D eigenvalue weighted by atomic mass is 32.2. The average molecular weight is 635 g/mol. The molecule has 2 aromatic carbocycles. The number of primary amides is 1. The van der Waals surface area contributed by atoms with Crippen molar-refractivity contribution in [1.29, 1.82) is 0 Å². The third kappa shape index (κ3) is 6.16. The van der Waals surface area contributed by atoms with Crippen LogP contribution in [0.4, 0.5) is 21.1 Å². The van der Waals surface area contributed by atoms with E-state index in [1.165, 1.54) is 26.2 Å². The summed E-state index contributed by atoms with van der Waals surface area (Å²) in [6.07, 6.45) is 1.03. The number of nitrogens with two attached hydrogens (primary N) is 1. The minimum absolute atomic E-state index is 0.0188. The summed E-state index contributed by atoms with van der Waals surface area (Å²) in [5.74, 6) is -1.43. The summed E-state index contributed by atoms with van der Waals surface area (Å²) in [5.41, 5.74) is 3.99. The van der Waals surface area contributed by atoms with Crippen molar-refractivity contribution >= 4 is 61.6 Å². The molecule has 2 heterocycles. The second-order valence-corrected chi connectivity index (χ2v) is 11.5. The molecule has 0 spiro atoms. The molecule has 0 saturated heterocycles. The Morgan fingerprint density at radius 1 is 0.953 bits per heavy atom. The highest BCUT2D eigenvalue weighted by molar-refractivity contribution is 7.86. The number of aromatic amines is 1. The lowest BCUT2D eigenvalue weighted by atomic mass is 10.1. The summed E-state index contributed by atoms with van der Waals surface area (Å²) < 4.78 is 65.0. The van der Waals surface area contributed by atoms with Crippen molar-refractivity contribution in [2.24, 2.45) is 10.8 Å². The Kier molecular flexibility index (Phi) is 7.96. The van der Waals surface area contributed by atoms with Crippen LogP contribution in [0.5, 0.6) is 0 Å². The van der Waals surface area contributed by atoms with Gasteiger partial charge in [0, 0.05) is 14.1 Å². The van der Waals surface area contributed by atoms with E-state index in [9.17, 15) is 45.1 Å². The van der Waals surface area contributed by atoms with E-state index in [2.05, 4.69) is 20.8 Å². The summed E-state index contributed by atoms with van der Waals surface area (Å²) in [6, 6.07) is 6.97. The monoisotopic (exact) mass is 634 g/mol. The Morgan fingerprint density at radius 2 is 1.47 bits per heavy atom. The minimum atomic E-state index is -4.54. The number of H-pyrrole nitrogens is 1. The number of benzene rings is 2. The first-order chi connectivity index (χ1) is 20.0. The van der Waals surface area contributed by atoms with Gasteiger partial charge in [-0.05, 0) is 54.6 Å². The maximum atomic E-state index is 13.5. The molecule has 0 atom stereocenters. The molecular weight excluding hydrogens is 612 g/mol. The molecule has 0 aliphatic carbocycles. The fraction of sp³-hybridized carbons (Fsp3) is 0.0870. The molecule has 1 aliphatic heterocycles. The van der Waals surface area contributed by atoms with E-state index >= 15 is 0 Å². The van der Waals surface area contributed by atoms with Gasteiger partial charge in [-0.1, -0.05) is 0 Å². The summed E-state index contributed by atoms with van der Waals surface area (Å²) in [7, 11) is -6.57. The number of aromatic nitrogens is 2. The Morgan fingerprint density at radius 3 is 1.93 bits per heavy atom. The first-order valence-electron chi connectivity index (χ1n) is 11.7. The Bertz CT molecular complexity index is 1980. The number of hydrogen-bond donors (Lipinski definition) is 6. The van der Waals surface area contributed by atoms with Crippen molar-refractivity contribution in [2.45, 2.75) is 9.79 Å². The van der Waals surface area contributed by atoms with E-state index < -0.39 is 53.6 Å². The van der Waals surface area contributed by atoms with Crippen molar-refractivity contribution in [3.63, 3.8) is 0 Å². The molecule has 20 heteroatoms. The lowest BCUT2D eigenvalue weighted by molar-refractivity contribution is -0.114. The number of amidine groups is 1. The number of carbonyl (C=O) groups is 3. The lowest BCUT2D eigenvalue weighted by Crippen LogP contribution is -2.38. The Balaban J connectivity index is 1.87. The smallest absolute Gasteiger partial charge is 0.320 e. The zero-order valence-electron chi connectivity index (χ0n) is 22.0. The van der Waals surface area contributed by atoms with Crippen LogP contribution in [0.2, 0.25) is 0 Å². The van der Waals surface area contributed by atoms with Gasteiger partial charge in [0.1, 0.15) is 5.82 Å². The van der Waals surface area contributed by atoms with Crippen LogP contribution in [0.1, 0.15) is 5.56 Å². The zero-order chi connectivity index (χ0) is 31.9. The van der Waals surface area contributed by atoms with Crippen molar-refractivity contribution in [3.8, 4) is 5.69 Å². The Labute approximate surface area is 242 Å². The molecule has 18 nitrogen and oxygen atoms in total. The van der Waals surface area contributed by atoms with Crippen molar-refractivity contribution < 1.29 is 40.3 Å². The van der Waals surface area contributed by atoms with E-state index in [-0.39, 0.29) is 34.2 Å². The van der Waals surface area contributed by atoms with Crippen molar-refractivity contribution in [2.75, 3.05) is 24.4 Å². The zero-order valence-corrected chi connectivity index (χ0v) is 23.7. The fourth-order valence-corrected chi connectivity index (χ4v) is 4.73. The number of rotatable bonds is 6. The van der Waals surface area contributed by atoms with Crippen LogP contribution in [0.15, 0.2) is 73.8 Å². The third-order valence-corrected chi connectivity index (χ3v) is 7.70. The highest BCUT2D eigenvalue weighted by Crippen LogP contribution is 2.28. The fourth-order valence-electron chi connectivity index (χ4n) is 3.77. The second-order valence-electron chi connectivity index (χ2n) is 8.68. The maximum Gasteiger partial charge on any atom is 0.320 e. The van der Waals surface area contributed by atoms with Gasteiger partial charge < -0.3 is 11.1 Å². The molecule has 226 valence electrons. The van der Waals surface area contributed by atoms with Gasteiger partial charge in [0.15, 0.2) is 5.84 Å². The number of amides is 5. The van der Waals surface area contributed by atoms with E-state index in [0.29, 0.717) is 0 Å². The summed E-state index contributed by atoms with van der Waals surface area (Å²) >= 11 is 0. The summed E-state index contributed by atoms with van der Waals surface area (Å²) in [6.45, 7) is 0. The average Bonchev–Trinajstić information content (AvgIpc) is 3.43. The van der Waals surface area contributed by atoms with Crippen molar-refractivity contribution in [3.05, 3.63) is 70.0 Å². The normalized spacial score (nSPS) is 14.5. The number of likely N-dealkylation sites (N-methyl/N-ethyl adjacent to an activating group) is 1. The van der Waals surface area contributed by atoms with Gasteiger partial charge in [-0.3, -0.25) is 34.0 Å². The summed E-state index contributed by atoms with van der Waals surface area (Å²) in [4.78, 5) is 51.1. The highest BCUT2D eigenvalue weighted by Gasteiger charge is 2.36. The van der Waals surface area contributed by atoms with Crippen LogP contribution in [-0.2, 0) is 25.0 Å². The van der Waals surface area contributed by atoms with Gasteiger partial charge in [0.25, 0.3) is 31.7 Å². The topological polar surface area (TPSA) is 267 Å². The van der Waals surface area contributed by atoms with Crippen molar-refractivity contribution in [1.82, 2.24) is 20.0 Å². The molecule has 7 N–H and O–H groups in total. The molecule has 4 rings (SSSR count). The molecule has 0 radical (unpaired) electrons. The van der Waals surface area contributed by atoms with Gasteiger partial charge in [0.05, 0.1) is 32.3 Å². The molecule has 3 aromatic rings. The van der Waals surface area contributed by atoms with Gasteiger partial charge in [-0.25, -0.2) is 14.3 Å². The largest absolute Gasteiger partial charge is 0.351 e. The van der Waals surface area contributed by atoms with Crippen LogP contribution in [0.25, 0.3) is 11.8 Å². The molecule has 5 amide bonds. The first-order valence-corrected chi connectivity index (χ1v) is 14.6. The number of urea groups is 2. The molecule has 0 saturated carbocycles. The molecule has 0 fully saturated rings. The van der Waals surface area contributed by atoms with Gasteiger partial charge in [-0.2, -0.15) is 21.8 Å². The number of hydrazone groups is 1. The number of nitrogens with one attached hydrogen (secondary N) is 3. The molecular formula is C23H22N8O10S2. The minimum Gasteiger partial charge on any atom is -0.351 e. The first kappa shape index (κ1) is 30.6.